The molecule has 0 saturated carbocycles. The average molecular weight is 767 g/mol. The molecule has 0 aromatic heterocycles. The number of hydrogen-bond donors (Lipinski definition) is 1. The Balaban J connectivity index is 1.83. The number of nitrogens with one attached hydrogen (secondary N) is 1. The van der Waals surface area contributed by atoms with Crippen LogP contribution in [-0.4, -0.2) is 65.1 Å². The van der Waals surface area contributed by atoms with Gasteiger partial charge >= 0.3 is 0 Å². The number of amides is 2. The molecule has 1 N–H and O–H groups in total. The molecule has 10 nitrogen and oxygen atoms in total. The summed E-state index contributed by atoms with van der Waals surface area (Å²) >= 11 is 3.51. The van der Waals surface area contributed by atoms with Crippen LogP contribution in [0, 0.1) is 5.92 Å². The molecule has 0 saturated heterocycles. The number of anilines is 1. The number of sulfonamides is 1. The van der Waals surface area contributed by atoms with Crippen LogP contribution in [0.1, 0.15) is 31.9 Å². The summed E-state index contributed by atoms with van der Waals surface area (Å²) in [5.74, 6) is 0.392. The van der Waals surface area contributed by atoms with Crippen molar-refractivity contribution in [1.29, 1.82) is 0 Å². The summed E-state index contributed by atoms with van der Waals surface area (Å²) in [5, 5.41) is 3.00. The van der Waals surface area contributed by atoms with Crippen LogP contribution in [0.5, 0.6) is 17.2 Å². The van der Waals surface area contributed by atoms with Gasteiger partial charge in [0.15, 0.2) is 11.5 Å². The van der Waals surface area contributed by atoms with Crippen molar-refractivity contribution in [1.82, 2.24) is 10.2 Å². The summed E-state index contributed by atoms with van der Waals surface area (Å²) in [4.78, 5) is 30.1. The van der Waals surface area contributed by atoms with Crippen LogP contribution in [0.15, 0.2) is 106 Å². The van der Waals surface area contributed by atoms with E-state index >= 15 is 0 Å². The highest BCUT2D eigenvalue weighted by Crippen LogP contribution is 2.33. The third-order valence-corrected chi connectivity index (χ3v) is 10.1. The van der Waals surface area contributed by atoms with Crippen LogP contribution in [0.25, 0.3) is 0 Å². The van der Waals surface area contributed by atoms with E-state index in [-0.39, 0.29) is 41.1 Å². The minimum atomic E-state index is -4.37. The average Bonchev–Trinajstić information content (AvgIpc) is 3.11. The molecule has 2 amide bonds. The van der Waals surface area contributed by atoms with Crippen molar-refractivity contribution in [3.05, 3.63) is 113 Å². The van der Waals surface area contributed by atoms with Gasteiger partial charge < -0.3 is 24.4 Å². The van der Waals surface area contributed by atoms with E-state index in [1.54, 1.807) is 24.3 Å². The van der Waals surface area contributed by atoms with Gasteiger partial charge in [0.05, 0.1) is 31.4 Å². The van der Waals surface area contributed by atoms with Gasteiger partial charge in [0, 0.05) is 30.0 Å². The van der Waals surface area contributed by atoms with Gasteiger partial charge in [-0.3, -0.25) is 13.9 Å². The fourth-order valence-electron chi connectivity index (χ4n) is 5.32. The number of hydrogen-bond acceptors (Lipinski definition) is 7. The number of benzene rings is 4. The van der Waals surface area contributed by atoms with Crippen LogP contribution in [0.3, 0.4) is 0 Å². The summed E-state index contributed by atoms with van der Waals surface area (Å²) in [6.07, 6.45) is 0.218. The molecule has 0 spiro atoms. The number of rotatable bonds is 17. The smallest absolute Gasteiger partial charge is 0.264 e. The van der Waals surface area contributed by atoms with Crippen molar-refractivity contribution in [3.8, 4) is 17.2 Å². The zero-order valence-electron chi connectivity index (χ0n) is 29.0. The van der Waals surface area contributed by atoms with E-state index < -0.39 is 28.5 Å². The number of carbonyl (C=O) groups excluding carboxylic acids is 2. The number of carbonyl (C=O) groups is 2. The van der Waals surface area contributed by atoms with Crippen molar-refractivity contribution >= 4 is 43.5 Å². The van der Waals surface area contributed by atoms with Gasteiger partial charge in [-0.15, -0.1) is 0 Å². The molecule has 266 valence electrons. The first-order valence-electron chi connectivity index (χ1n) is 16.3. The second kappa shape index (κ2) is 17.9. The Hall–Kier alpha value is -4.55. The quantitative estimate of drug-likeness (QED) is 0.131. The topological polar surface area (TPSA) is 114 Å². The van der Waals surface area contributed by atoms with E-state index in [1.165, 1.54) is 37.3 Å². The third kappa shape index (κ3) is 10.0. The van der Waals surface area contributed by atoms with Crippen LogP contribution >= 0.6 is 15.9 Å². The maximum absolute atomic E-state index is 14.7. The maximum atomic E-state index is 14.7. The lowest BCUT2D eigenvalue weighted by Gasteiger charge is -2.34. The molecule has 1 atom stereocenters. The second-order valence-corrected chi connectivity index (χ2v) is 14.7. The number of nitrogens with zero attached hydrogens (tertiary/aromatic N) is 2. The number of methoxy groups -OCH3 is 2. The highest BCUT2D eigenvalue weighted by Gasteiger charge is 2.35. The first-order valence-corrected chi connectivity index (χ1v) is 18.5. The van der Waals surface area contributed by atoms with Gasteiger partial charge in [0.2, 0.25) is 11.8 Å². The minimum Gasteiger partial charge on any atom is -0.494 e. The fraction of sp³-hybridized carbons (Fsp3) is 0.316. The molecule has 0 aliphatic carbocycles. The van der Waals surface area contributed by atoms with Gasteiger partial charge in [-0.25, -0.2) is 8.42 Å². The molecule has 4 aromatic carbocycles. The van der Waals surface area contributed by atoms with Crippen molar-refractivity contribution in [2.75, 3.05) is 38.2 Å². The van der Waals surface area contributed by atoms with Gasteiger partial charge in [-0.2, -0.15) is 0 Å². The first kappa shape index (κ1) is 38.3. The molecular formula is C38H44BrN3O7S. The Kier molecular flexibility index (Phi) is 13.7. The van der Waals surface area contributed by atoms with Crippen molar-refractivity contribution < 1.29 is 32.2 Å². The van der Waals surface area contributed by atoms with E-state index in [2.05, 4.69) is 21.2 Å². The monoisotopic (exact) mass is 765 g/mol. The summed E-state index contributed by atoms with van der Waals surface area (Å²) in [6.45, 7) is 6.13. The molecular weight excluding hydrogens is 722 g/mol. The Bertz CT molecular complexity index is 1840. The summed E-state index contributed by atoms with van der Waals surface area (Å²) in [6, 6.07) is 26.7. The van der Waals surface area contributed by atoms with E-state index in [0.717, 1.165) is 19.9 Å². The molecule has 0 heterocycles. The van der Waals surface area contributed by atoms with Crippen molar-refractivity contribution in [3.63, 3.8) is 0 Å². The molecule has 50 heavy (non-hydrogen) atoms. The van der Waals surface area contributed by atoms with Gasteiger partial charge in [-0.1, -0.05) is 72.2 Å². The molecule has 0 aliphatic rings. The molecule has 0 fully saturated rings. The summed E-state index contributed by atoms with van der Waals surface area (Å²) in [5.41, 5.74) is 1.85. The number of halogens is 1. The highest BCUT2D eigenvalue weighted by atomic mass is 79.9. The largest absolute Gasteiger partial charge is 0.494 e. The Morgan fingerprint density at radius 1 is 0.840 bits per heavy atom. The molecule has 12 heteroatoms. The predicted molar refractivity (Wildman–Crippen MR) is 198 cm³/mol. The predicted octanol–water partition coefficient (Wildman–Crippen LogP) is 6.47. The van der Waals surface area contributed by atoms with Gasteiger partial charge in [-0.05, 0) is 72.5 Å². The zero-order valence-corrected chi connectivity index (χ0v) is 31.4. The van der Waals surface area contributed by atoms with Crippen molar-refractivity contribution in [2.45, 2.75) is 44.7 Å². The fourth-order valence-corrected chi connectivity index (χ4v) is 7.19. The molecule has 1 unspecified atom stereocenters. The SMILES string of the molecule is CCOc1ccc(N(CC(=O)N(Cc2cccc(Br)c2)C(Cc2ccccc2)C(=O)NCC(C)C)S(=O)(=O)c2ccc(OC)c(OC)c2)cc1. The molecule has 4 aromatic rings. The highest BCUT2D eigenvalue weighted by molar-refractivity contribution is 9.10. The molecule has 0 bridgehead atoms. The van der Waals surface area contributed by atoms with Crippen LogP contribution in [0.4, 0.5) is 5.69 Å². The lowest BCUT2D eigenvalue weighted by molar-refractivity contribution is -0.140. The second-order valence-electron chi connectivity index (χ2n) is 12.0. The maximum Gasteiger partial charge on any atom is 0.264 e. The Morgan fingerprint density at radius 2 is 1.52 bits per heavy atom. The zero-order chi connectivity index (χ0) is 36.3. The van der Waals surface area contributed by atoms with Gasteiger partial charge in [0.25, 0.3) is 10.0 Å². The van der Waals surface area contributed by atoms with E-state index in [9.17, 15) is 18.0 Å². The summed E-state index contributed by atoms with van der Waals surface area (Å²) in [7, 11) is -1.50. The third-order valence-electron chi connectivity index (χ3n) is 7.86. The first-order chi connectivity index (χ1) is 24.0. The van der Waals surface area contributed by atoms with E-state index in [4.69, 9.17) is 14.2 Å². The van der Waals surface area contributed by atoms with E-state index in [0.29, 0.717) is 24.7 Å². The van der Waals surface area contributed by atoms with Crippen LogP contribution in [0.2, 0.25) is 0 Å². The molecule has 0 radical (unpaired) electrons. The Morgan fingerprint density at radius 3 is 2.14 bits per heavy atom. The normalized spacial score (nSPS) is 11.8. The number of ether oxygens (including phenoxy) is 3. The van der Waals surface area contributed by atoms with Crippen LogP contribution in [-0.2, 0) is 32.6 Å². The standard InChI is InChI=1S/C38H44BrN3O7S/c1-6-49-32-17-15-31(16-18-32)42(50(45,46)33-19-20-35(47-4)36(23-33)48-5)26-37(43)41(25-29-13-10-14-30(39)21-29)34(38(44)40-24-27(2)3)22-28-11-8-7-9-12-28/h7-21,23,27,34H,6,22,24-26H2,1-5H3,(H,40,44). The van der Waals surface area contributed by atoms with Crippen LogP contribution < -0.4 is 23.8 Å². The minimum absolute atomic E-state index is 0.0540. The van der Waals surface area contributed by atoms with Crippen molar-refractivity contribution in [2.24, 2.45) is 5.92 Å². The molecule has 4 rings (SSSR count). The lowest BCUT2D eigenvalue weighted by Crippen LogP contribution is -2.53. The van der Waals surface area contributed by atoms with E-state index in [1.807, 2.05) is 75.4 Å². The summed E-state index contributed by atoms with van der Waals surface area (Å²) < 4.78 is 47.1. The Labute approximate surface area is 303 Å². The lowest BCUT2D eigenvalue weighted by atomic mass is 10.0. The molecule has 0 aliphatic heterocycles. The van der Waals surface area contributed by atoms with Gasteiger partial charge in [0.1, 0.15) is 18.3 Å².